The number of nitrogens with zero attached hydrogens (tertiary/aromatic N) is 1. The van der Waals surface area contributed by atoms with Crippen molar-refractivity contribution >= 4 is 5.91 Å². The number of hydrogen-bond acceptors (Lipinski definition) is 3. The first-order valence-corrected chi connectivity index (χ1v) is 6.44. The lowest BCUT2D eigenvalue weighted by Crippen LogP contribution is -2.44. The van der Waals surface area contributed by atoms with Crippen LogP contribution in [0.15, 0.2) is 24.3 Å². The van der Waals surface area contributed by atoms with Crippen LogP contribution in [0.5, 0.6) is 5.75 Å². The molecule has 3 rings (SSSR count). The van der Waals surface area contributed by atoms with Gasteiger partial charge in [-0.3, -0.25) is 4.79 Å². The van der Waals surface area contributed by atoms with Crippen LogP contribution in [-0.2, 0) is 4.79 Å². The summed E-state index contributed by atoms with van der Waals surface area (Å²) in [6.07, 6.45) is 1.30. The maximum absolute atomic E-state index is 12.4. The normalized spacial score (nSPS) is 26.6. The van der Waals surface area contributed by atoms with E-state index in [1.165, 1.54) is 0 Å². The van der Waals surface area contributed by atoms with Crippen LogP contribution in [0.4, 0.5) is 0 Å². The van der Waals surface area contributed by atoms with E-state index in [2.05, 4.69) is 0 Å². The van der Waals surface area contributed by atoms with Gasteiger partial charge in [0.05, 0.1) is 6.10 Å². The molecule has 2 heterocycles. The van der Waals surface area contributed by atoms with Crippen molar-refractivity contribution in [3.8, 4) is 5.75 Å². The highest BCUT2D eigenvalue weighted by atomic mass is 16.5. The maximum atomic E-state index is 12.4. The van der Waals surface area contributed by atoms with E-state index < -0.39 is 0 Å². The number of carbonyl (C=O) groups excluding carboxylic acids is 1. The number of hydrogen-bond donors (Lipinski definition) is 1. The van der Waals surface area contributed by atoms with E-state index in [4.69, 9.17) is 4.74 Å². The van der Waals surface area contributed by atoms with Gasteiger partial charge in [-0.05, 0) is 18.9 Å². The van der Waals surface area contributed by atoms with E-state index >= 15 is 0 Å². The molecule has 0 aliphatic carbocycles. The van der Waals surface area contributed by atoms with Gasteiger partial charge in [-0.1, -0.05) is 18.2 Å². The van der Waals surface area contributed by atoms with Crippen molar-refractivity contribution in [3.05, 3.63) is 29.8 Å². The number of benzene rings is 1. The topological polar surface area (TPSA) is 49.8 Å². The van der Waals surface area contributed by atoms with Gasteiger partial charge in [-0.2, -0.15) is 0 Å². The number of fused-ring (bicyclic) bond motifs is 1. The molecule has 1 N–H and O–H groups in total. The van der Waals surface area contributed by atoms with Crippen LogP contribution in [-0.4, -0.2) is 41.7 Å². The molecule has 18 heavy (non-hydrogen) atoms. The predicted octanol–water partition coefficient (Wildman–Crippen LogP) is 1.15. The van der Waals surface area contributed by atoms with Crippen molar-refractivity contribution < 1.29 is 14.6 Å². The fourth-order valence-electron chi connectivity index (χ4n) is 2.74. The van der Waals surface area contributed by atoms with E-state index in [0.29, 0.717) is 13.2 Å². The number of carbonyl (C=O) groups is 1. The molecule has 2 unspecified atom stereocenters. The summed E-state index contributed by atoms with van der Waals surface area (Å²) in [6.45, 7) is 1.62. The van der Waals surface area contributed by atoms with Gasteiger partial charge in [0.1, 0.15) is 18.3 Å². The standard InChI is InChI=1S/C14H17NO3/c16-10-4-3-7-15(8-10)14(17)12-9-18-13-6-2-1-5-11(12)13/h1-2,5-6,10,12,16H,3-4,7-9H2. The largest absolute Gasteiger partial charge is 0.492 e. The van der Waals surface area contributed by atoms with Crippen LogP contribution in [0.1, 0.15) is 24.3 Å². The summed E-state index contributed by atoms with van der Waals surface area (Å²) in [4.78, 5) is 14.2. The van der Waals surface area contributed by atoms with Gasteiger partial charge in [0.15, 0.2) is 0 Å². The highest BCUT2D eigenvalue weighted by Crippen LogP contribution is 2.35. The average molecular weight is 247 g/mol. The van der Waals surface area contributed by atoms with Gasteiger partial charge in [-0.25, -0.2) is 0 Å². The monoisotopic (exact) mass is 247 g/mol. The molecular formula is C14H17NO3. The van der Waals surface area contributed by atoms with Gasteiger partial charge >= 0.3 is 0 Å². The highest BCUT2D eigenvalue weighted by Gasteiger charge is 2.34. The molecular weight excluding hydrogens is 230 g/mol. The zero-order valence-electron chi connectivity index (χ0n) is 10.2. The Kier molecular flexibility index (Phi) is 2.96. The van der Waals surface area contributed by atoms with Crippen LogP contribution < -0.4 is 4.74 Å². The first-order chi connectivity index (χ1) is 8.75. The Labute approximate surface area is 106 Å². The Morgan fingerprint density at radius 1 is 1.39 bits per heavy atom. The molecule has 2 aliphatic rings. The van der Waals surface area contributed by atoms with Crippen LogP contribution in [0.2, 0.25) is 0 Å². The lowest BCUT2D eigenvalue weighted by Gasteiger charge is -2.31. The van der Waals surface area contributed by atoms with Gasteiger partial charge < -0.3 is 14.7 Å². The van der Waals surface area contributed by atoms with Crippen molar-refractivity contribution in [1.82, 2.24) is 4.90 Å². The van der Waals surface area contributed by atoms with E-state index in [1.54, 1.807) is 4.90 Å². The van der Waals surface area contributed by atoms with Crippen molar-refractivity contribution in [3.63, 3.8) is 0 Å². The number of para-hydroxylation sites is 1. The highest BCUT2D eigenvalue weighted by molar-refractivity contribution is 5.85. The molecule has 0 bridgehead atoms. The zero-order valence-corrected chi connectivity index (χ0v) is 10.2. The molecule has 0 aromatic heterocycles. The third kappa shape index (κ3) is 1.97. The molecule has 1 aromatic carbocycles. The first kappa shape index (κ1) is 11.5. The second-order valence-electron chi connectivity index (χ2n) is 4.98. The minimum atomic E-state index is -0.375. The smallest absolute Gasteiger partial charge is 0.233 e. The Balaban J connectivity index is 1.78. The van der Waals surface area contributed by atoms with Gasteiger partial charge in [0.25, 0.3) is 0 Å². The lowest BCUT2D eigenvalue weighted by atomic mass is 9.98. The number of ether oxygens (including phenoxy) is 1. The third-order valence-electron chi connectivity index (χ3n) is 3.71. The lowest BCUT2D eigenvalue weighted by molar-refractivity contribution is -0.136. The molecule has 2 atom stereocenters. The number of aliphatic hydroxyl groups excluding tert-OH is 1. The molecule has 96 valence electrons. The van der Waals surface area contributed by atoms with Crippen LogP contribution in [0, 0.1) is 0 Å². The molecule has 1 saturated heterocycles. The summed E-state index contributed by atoms with van der Waals surface area (Å²) in [5, 5.41) is 9.64. The number of piperidine rings is 1. The van der Waals surface area contributed by atoms with Crippen molar-refractivity contribution in [2.75, 3.05) is 19.7 Å². The Hall–Kier alpha value is -1.55. The fraction of sp³-hybridized carbons (Fsp3) is 0.500. The van der Waals surface area contributed by atoms with Gasteiger partial charge in [0.2, 0.25) is 5.91 Å². The minimum absolute atomic E-state index is 0.0821. The summed E-state index contributed by atoms with van der Waals surface area (Å²) in [7, 11) is 0. The first-order valence-electron chi connectivity index (χ1n) is 6.44. The van der Waals surface area contributed by atoms with Crippen molar-refractivity contribution in [2.24, 2.45) is 0 Å². The van der Waals surface area contributed by atoms with Gasteiger partial charge in [0, 0.05) is 18.7 Å². The van der Waals surface area contributed by atoms with E-state index in [0.717, 1.165) is 30.7 Å². The Bertz CT molecular complexity index is 460. The van der Waals surface area contributed by atoms with Crippen LogP contribution >= 0.6 is 0 Å². The van der Waals surface area contributed by atoms with Crippen molar-refractivity contribution in [1.29, 1.82) is 0 Å². The third-order valence-corrected chi connectivity index (χ3v) is 3.71. The second kappa shape index (κ2) is 4.61. The number of β-amino-alcohol motifs (C(OH)–C–C–N with tert-alkyl or cyclic N) is 1. The summed E-state index contributed by atoms with van der Waals surface area (Å²) in [5.41, 5.74) is 0.975. The zero-order chi connectivity index (χ0) is 12.5. The molecule has 1 aromatic rings. The molecule has 4 heteroatoms. The Morgan fingerprint density at radius 3 is 3.06 bits per heavy atom. The molecule has 1 amide bonds. The number of likely N-dealkylation sites (tertiary alicyclic amines) is 1. The molecule has 0 radical (unpaired) electrons. The van der Waals surface area contributed by atoms with E-state index in [1.807, 2.05) is 24.3 Å². The maximum Gasteiger partial charge on any atom is 0.233 e. The molecule has 2 aliphatic heterocycles. The summed E-state index contributed by atoms with van der Waals surface area (Å²) in [6, 6.07) is 7.69. The van der Waals surface area contributed by atoms with Crippen LogP contribution in [0.25, 0.3) is 0 Å². The number of rotatable bonds is 1. The number of aliphatic hydroxyl groups is 1. The summed E-state index contributed by atoms with van der Waals surface area (Å²) < 4.78 is 5.54. The number of amides is 1. The molecule has 0 saturated carbocycles. The minimum Gasteiger partial charge on any atom is -0.492 e. The van der Waals surface area contributed by atoms with Crippen LogP contribution in [0.3, 0.4) is 0 Å². The average Bonchev–Trinajstić information content (AvgIpc) is 2.82. The quantitative estimate of drug-likeness (QED) is 0.809. The molecule has 1 fully saturated rings. The SMILES string of the molecule is O=C(C1COc2ccccc21)N1CCCC(O)C1. The summed E-state index contributed by atoms with van der Waals surface area (Å²) >= 11 is 0. The summed E-state index contributed by atoms with van der Waals surface area (Å²) in [5.74, 6) is 0.693. The van der Waals surface area contributed by atoms with E-state index in [9.17, 15) is 9.90 Å². The van der Waals surface area contributed by atoms with Gasteiger partial charge in [-0.15, -0.1) is 0 Å². The van der Waals surface area contributed by atoms with Crippen molar-refractivity contribution in [2.45, 2.75) is 24.9 Å². The molecule has 0 spiro atoms. The Morgan fingerprint density at radius 2 is 2.22 bits per heavy atom. The predicted molar refractivity (Wildman–Crippen MR) is 66.5 cm³/mol. The second-order valence-corrected chi connectivity index (χ2v) is 4.98. The molecule has 4 nitrogen and oxygen atoms in total. The van der Waals surface area contributed by atoms with E-state index in [-0.39, 0.29) is 17.9 Å². The fourth-order valence-corrected chi connectivity index (χ4v) is 2.74.